The predicted molar refractivity (Wildman–Crippen MR) is 97.1 cm³/mol. The fourth-order valence-electron chi connectivity index (χ4n) is 2.62. The van der Waals surface area contributed by atoms with Crippen LogP contribution < -0.4 is 14.2 Å². The Balaban J connectivity index is 2.22. The Morgan fingerprint density at radius 1 is 1.09 bits per heavy atom. The molecule has 2 atom stereocenters. The molecule has 23 heavy (non-hydrogen) atoms. The molecule has 0 aliphatic heterocycles. The number of carbonyl (C=O) groups is 1. The number of hydrogen-bond donors (Lipinski definition) is 0. The minimum absolute atomic E-state index is 0.0482. The number of rotatable bonds is 8. The largest absolute Gasteiger partial charge is 0.493 e. The highest BCUT2D eigenvalue weighted by Crippen LogP contribution is 2.52. The van der Waals surface area contributed by atoms with Gasteiger partial charge in [-0.2, -0.15) is 0 Å². The van der Waals surface area contributed by atoms with Gasteiger partial charge < -0.3 is 14.2 Å². The van der Waals surface area contributed by atoms with Crippen molar-refractivity contribution in [2.75, 3.05) is 33.8 Å². The van der Waals surface area contributed by atoms with Crippen LogP contribution in [0.5, 0.6) is 17.2 Å². The number of methoxy groups -OCH3 is 3. The van der Waals surface area contributed by atoms with E-state index < -0.39 is 0 Å². The summed E-state index contributed by atoms with van der Waals surface area (Å²) in [5.41, 5.74) is 1.06. The second-order valence-electron chi connectivity index (χ2n) is 5.18. The fourth-order valence-corrected chi connectivity index (χ4v) is 3.75. The molecule has 0 heterocycles. The van der Waals surface area contributed by atoms with E-state index in [1.54, 1.807) is 50.9 Å². The Bertz CT molecular complexity index is 582. The third kappa shape index (κ3) is 3.98. The lowest BCUT2D eigenvalue weighted by Crippen LogP contribution is -2.00. The van der Waals surface area contributed by atoms with Crippen LogP contribution in [-0.2, 0) is 4.79 Å². The molecular weight excluding hydrogens is 332 g/mol. The van der Waals surface area contributed by atoms with Gasteiger partial charge in [-0.05, 0) is 42.5 Å². The van der Waals surface area contributed by atoms with Gasteiger partial charge >= 0.3 is 0 Å². The van der Waals surface area contributed by atoms with Gasteiger partial charge in [-0.15, -0.1) is 23.5 Å². The summed E-state index contributed by atoms with van der Waals surface area (Å²) in [6.07, 6.45) is 6.60. The number of hydrogen-bond acceptors (Lipinski definition) is 6. The number of benzene rings is 1. The van der Waals surface area contributed by atoms with Crippen molar-refractivity contribution < 1.29 is 19.0 Å². The maximum Gasteiger partial charge on any atom is 0.203 e. The average Bonchev–Trinajstić information content (AvgIpc) is 3.38. The molecule has 2 unspecified atom stereocenters. The van der Waals surface area contributed by atoms with Crippen LogP contribution in [0.1, 0.15) is 17.9 Å². The first-order chi connectivity index (χ1) is 11.1. The zero-order valence-electron chi connectivity index (χ0n) is 14.0. The lowest BCUT2D eigenvalue weighted by molar-refractivity contribution is -0.115. The minimum Gasteiger partial charge on any atom is -0.493 e. The van der Waals surface area contributed by atoms with E-state index in [0.29, 0.717) is 17.2 Å². The molecule has 0 saturated heterocycles. The summed E-state index contributed by atoms with van der Waals surface area (Å²) in [6.45, 7) is 0. The van der Waals surface area contributed by atoms with Crippen molar-refractivity contribution in [1.82, 2.24) is 0 Å². The monoisotopic (exact) mass is 354 g/mol. The molecule has 1 aliphatic rings. The highest BCUT2D eigenvalue weighted by Gasteiger charge is 2.43. The van der Waals surface area contributed by atoms with Crippen LogP contribution in [0.15, 0.2) is 22.4 Å². The van der Waals surface area contributed by atoms with Crippen LogP contribution in [0.3, 0.4) is 0 Å². The Kier molecular flexibility index (Phi) is 6.30. The molecule has 0 N–H and O–H groups in total. The van der Waals surface area contributed by atoms with Gasteiger partial charge in [-0.25, -0.2) is 0 Å². The van der Waals surface area contributed by atoms with Crippen LogP contribution in [0.4, 0.5) is 0 Å². The summed E-state index contributed by atoms with van der Waals surface area (Å²) in [5.74, 6) is 2.30. The molecular formula is C17H22O4S2. The third-order valence-corrected chi connectivity index (χ3v) is 5.97. The van der Waals surface area contributed by atoms with E-state index in [2.05, 4.69) is 0 Å². The van der Waals surface area contributed by atoms with Gasteiger partial charge in [0.2, 0.25) is 5.75 Å². The number of ether oxygens (including phenoxy) is 3. The van der Waals surface area contributed by atoms with Gasteiger partial charge in [-0.1, -0.05) is 0 Å². The summed E-state index contributed by atoms with van der Waals surface area (Å²) in [4.78, 5) is 12.4. The molecule has 0 amide bonds. The van der Waals surface area contributed by atoms with Crippen LogP contribution in [0.2, 0.25) is 0 Å². The van der Waals surface area contributed by atoms with Crippen molar-refractivity contribution in [2.45, 2.75) is 12.3 Å². The van der Waals surface area contributed by atoms with Crippen molar-refractivity contribution in [3.05, 3.63) is 28.0 Å². The summed E-state index contributed by atoms with van der Waals surface area (Å²) in [7, 11) is 4.78. The summed E-state index contributed by atoms with van der Waals surface area (Å²) >= 11 is 3.21. The van der Waals surface area contributed by atoms with Crippen molar-refractivity contribution in [3.8, 4) is 17.2 Å². The van der Waals surface area contributed by atoms with Gasteiger partial charge in [0.15, 0.2) is 17.3 Å². The first kappa shape index (κ1) is 18.1. The Morgan fingerprint density at radius 3 is 2.09 bits per heavy atom. The Hall–Kier alpha value is -1.27. The SMILES string of the molecule is COc1cc(C2CC2C(=O)C=C(SC)SC)cc(OC)c1OC. The average molecular weight is 354 g/mol. The molecule has 0 radical (unpaired) electrons. The Morgan fingerprint density at radius 2 is 1.65 bits per heavy atom. The molecule has 1 aromatic rings. The number of thioether (sulfide) groups is 2. The maximum atomic E-state index is 12.4. The molecule has 1 aliphatic carbocycles. The van der Waals surface area contributed by atoms with Crippen LogP contribution >= 0.6 is 23.5 Å². The molecule has 1 saturated carbocycles. The smallest absolute Gasteiger partial charge is 0.203 e. The number of carbonyl (C=O) groups excluding carboxylic acids is 1. The highest BCUT2D eigenvalue weighted by atomic mass is 32.2. The zero-order chi connectivity index (χ0) is 17.0. The van der Waals surface area contributed by atoms with Gasteiger partial charge in [-0.3, -0.25) is 4.79 Å². The molecule has 0 spiro atoms. The highest BCUT2D eigenvalue weighted by molar-refractivity contribution is 8.21. The standard InChI is InChI=1S/C17H22O4S2/c1-19-14-6-10(7-15(20-2)17(14)21-3)11-8-12(11)13(18)9-16(22-4)23-5/h6-7,9,11-12H,8H2,1-5H3. The molecule has 6 heteroatoms. The maximum absolute atomic E-state index is 12.4. The lowest BCUT2D eigenvalue weighted by atomic mass is 10.1. The van der Waals surface area contributed by atoms with E-state index in [9.17, 15) is 4.79 Å². The normalized spacial score (nSPS) is 19.0. The summed E-state index contributed by atoms with van der Waals surface area (Å²) in [6, 6.07) is 3.88. The minimum atomic E-state index is 0.0482. The third-order valence-electron chi connectivity index (χ3n) is 3.93. The molecule has 2 rings (SSSR count). The molecule has 126 valence electrons. The predicted octanol–water partition coefficient (Wildman–Crippen LogP) is 3.95. The van der Waals surface area contributed by atoms with Gasteiger partial charge in [0, 0.05) is 16.2 Å². The molecule has 4 nitrogen and oxygen atoms in total. The van der Waals surface area contributed by atoms with Crippen molar-refractivity contribution in [1.29, 1.82) is 0 Å². The van der Waals surface area contributed by atoms with Crippen LogP contribution in [0, 0.1) is 5.92 Å². The van der Waals surface area contributed by atoms with Crippen molar-refractivity contribution in [2.24, 2.45) is 5.92 Å². The summed E-state index contributed by atoms with van der Waals surface area (Å²) < 4.78 is 17.2. The van der Waals surface area contributed by atoms with Gasteiger partial charge in [0.05, 0.1) is 21.3 Å². The van der Waals surface area contributed by atoms with E-state index in [0.717, 1.165) is 16.2 Å². The van der Waals surface area contributed by atoms with Gasteiger partial charge in [0.1, 0.15) is 0 Å². The molecule has 0 bridgehead atoms. The van der Waals surface area contributed by atoms with Crippen molar-refractivity contribution >= 4 is 29.3 Å². The van der Waals surface area contributed by atoms with Crippen molar-refractivity contribution in [3.63, 3.8) is 0 Å². The van der Waals surface area contributed by atoms with Crippen LogP contribution in [-0.4, -0.2) is 39.6 Å². The fraction of sp³-hybridized carbons (Fsp3) is 0.471. The number of ketones is 1. The second-order valence-corrected chi connectivity index (χ2v) is 7.14. The van der Waals surface area contributed by atoms with E-state index >= 15 is 0 Å². The van der Waals surface area contributed by atoms with E-state index in [1.165, 1.54) is 0 Å². The second kappa shape index (κ2) is 8.02. The Labute approximate surface area is 145 Å². The van der Waals surface area contributed by atoms with E-state index in [-0.39, 0.29) is 17.6 Å². The quantitative estimate of drug-likeness (QED) is 0.659. The van der Waals surface area contributed by atoms with E-state index in [4.69, 9.17) is 14.2 Å². The molecule has 1 aromatic carbocycles. The lowest BCUT2D eigenvalue weighted by Gasteiger charge is -2.14. The van der Waals surface area contributed by atoms with Gasteiger partial charge in [0.25, 0.3) is 0 Å². The first-order valence-corrected chi connectivity index (χ1v) is 9.67. The van der Waals surface area contributed by atoms with Crippen LogP contribution in [0.25, 0.3) is 0 Å². The zero-order valence-corrected chi connectivity index (χ0v) is 15.7. The summed E-state index contributed by atoms with van der Waals surface area (Å²) in [5, 5.41) is 0. The van der Waals surface area contributed by atoms with E-state index in [1.807, 2.05) is 24.6 Å². The topological polar surface area (TPSA) is 44.8 Å². The number of allylic oxidation sites excluding steroid dienone is 1. The molecule has 1 fully saturated rings. The first-order valence-electron chi connectivity index (χ1n) is 7.23. The molecule has 0 aromatic heterocycles.